The van der Waals surface area contributed by atoms with Crippen molar-refractivity contribution < 1.29 is 14.3 Å². The van der Waals surface area contributed by atoms with E-state index in [2.05, 4.69) is 0 Å². The van der Waals surface area contributed by atoms with E-state index in [1.54, 1.807) is 0 Å². The van der Waals surface area contributed by atoms with Crippen LogP contribution < -0.4 is 4.74 Å². The van der Waals surface area contributed by atoms with Crippen LogP contribution in [-0.2, 0) is 15.1 Å². The molecule has 1 fully saturated rings. The number of aromatic nitrogens is 1. The Hall–Kier alpha value is -2.27. The van der Waals surface area contributed by atoms with Crippen molar-refractivity contribution in [3.63, 3.8) is 0 Å². The number of hydrogen-bond donors (Lipinski definition) is 0. The average Bonchev–Trinajstić information content (AvgIpc) is 3.06. The first-order valence-electron chi connectivity index (χ1n) is 7.53. The molecule has 5 heteroatoms. The fourth-order valence-corrected chi connectivity index (χ4v) is 3.22. The van der Waals surface area contributed by atoms with Gasteiger partial charge in [0.15, 0.2) is 0 Å². The molecule has 1 aromatic carbocycles. The molecule has 2 aromatic rings. The monoisotopic (exact) mass is 298 g/mol. The van der Waals surface area contributed by atoms with Gasteiger partial charge in [0.25, 0.3) is 5.91 Å². The number of benzene rings is 1. The van der Waals surface area contributed by atoms with Gasteiger partial charge >= 0.3 is 0 Å². The Labute approximate surface area is 129 Å². The zero-order chi connectivity index (χ0) is 15.2. The minimum absolute atomic E-state index is 0.00902. The van der Waals surface area contributed by atoms with Crippen LogP contribution in [0.25, 0.3) is 5.69 Å². The number of hydrogen-bond acceptors (Lipinski definition) is 3. The highest BCUT2D eigenvalue weighted by Gasteiger charge is 2.46. The summed E-state index contributed by atoms with van der Waals surface area (Å²) in [4.78, 5) is 14.9. The smallest absolute Gasteiger partial charge is 0.272 e. The van der Waals surface area contributed by atoms with Gasteiger partial charge < -0.3 is 18.9 Å². The summed E-state index contributed by atoms with van der Waals surface area (Å²) < 4.78 is 13.5. The predicted octanol–water partition coefficient (Wildman–Crippen LogP) is 1.94. The number of amides is 1. The summed E-state index contributed by atoms with van der Waals surface area (Å²) >= 11 is 0. The second kappa shape index (κ2) is 4.88. The maximum atomic E-state index is 13.1. The standard InChI is InChI=1S/C17H18N2O3/c1-17(16(20)18-9-11-21-12-10-18)15-7-4-8-19(15)13-5-2-3-6-14(13)22-17/h2-8H,9-12H2,1H3. The SMILES string of the molecule is CC1(C(=O)N2CCOCC2)Oc2ccccc2-n2cccc21. The van der Waals surface area contributed by atoms with Gasteiger partial charge in [0.05, 0.1) is 24.6 Å². The van der Waals surface area contributed by atoms with E-state index in [0.29, 0.717) is 26.3 Å². The third-order valence-corrected chi connectivity index (χ3v) is 4.38. The quantitative estimate of drug-likeness (QED) is 0.808. The maximum absolute atomic E-state index is 13.1. The lowest BCUT2D eigenvalue weighted by Gasteiger charge is -2.39. The fourth-order valence-electron chi connectivity index (χ4n) is 3.22. The summed E-state index contributed by atoms with van der Waals surface area (Å²) in [6, 6.07) is 11.7. The maximum Gasteiger partial charge on any atom is 0.272 e. The molecule has 1 aromatic heterocycles. The molecular weight excluding hydrogens is 280 g/mol. The van der Waals surface area contributed by atoms with Crippen LogP contribution in [0.4, 0.5) is 0 Å². The summed E-state index contributed by atoms with van der Waals surface area (Å²) in [6.07, 6.45) is 1.97. The number of carbonyl (C=O) groups excluding carboxylic acids is 1. The van der Waals surface area contributed by atoms with Crippen molar-refractivity contribution in [3.05, 3.63) is 48.3 Å². The first-order chi connectivity index (χ1) is 10.7. The molecule has 3 heterocycles. The minimum atomic E-state index is -1.00. The molecule has 1 amide bonds. The predicted molar refractivity (Wildman–Crippen MR) is 81.1 cm³/mol. The summed E-state index contributed by atoms with van der Waals surface area (Å²) in [5, 5.41) is 0. The summed E-state index contributed by atoms with van der Waals surface area (Å²) in [6.45, 7) is 4.24. The zero-order valence-corrected chi connectivity index (χ0v) is 12.5. The third-order valence-electron chi connectivity index (χ3n) is 4.38. The van der Waals surface area contributed by atoms with E-state index >= 15 is 0 Å². The molecule has 1 unspecified atom stereocenters. The van der Waals surface area contributed by atoms with E-state index in [0.717, 1.165) is 17.1 Å². The molecule has 22 heavy (non-hydrogen) atoms. The van der Waals surface area contributed by atoms with E-state index in [1.165, 1.54) is 0 Å². The number of nitrogens with zero attached hydrogens (tertiary/aromatic N) is 2. The second-order valence-electron chi connectivity index (χ2n) is 5.77. The van der Waals surface area contributed by atoms with Gasteiger partial charge in [-0.2, -0.15) is 0 Å². The lowest BCUT2D eigenvalue weighted by Crippen LogP contribution is -2.53. The molecule has 4 rings (SSSR count). The van der Waals surface area contributed by atoms with Crippen LogP contribution in [0.15, 0.2) is 42.6 Å². The summed E-state index contributed by atoms with van der Waals surface area (Å²) in [7, 11) is 0. The van der Waals surface area contributed by atoms with Gasteiger partial charge in [-0.15, -0.1) is 0 Å². The molecule has 0 aliphatic carbocycles. The first kappa shape index (κ1) is 13.4. The summed E-state index contributed by atoms with van der Waals surface area (Å²) in [5.41, 5.74) is 0.826. The topological polar surface area (TPSA) is 43.7 Å². The van der Waals surface area contributed by atoms with Crippen LogP contribution in [0.2, 0.25) is 0 Å². The lowest BCUT2D eigenvalue weighted by molar-refractivity contribution is -0.152. The van der Waals surface area contributed by atoms with Crippen LogP contribution in [0.5, 0.6) is 5.75 Å². The molecule has 114 valence electrons. The molecule has 1 atom stereocenters. The van der Waals surface area contributed by atoms with Crippen LogP contribution in [0.3, 0.4) is 0 Å². The Balaban J connectivity index is 1.78. The molecule has 2 aliphatic rings. The Morgan fingerprint density at radius 2 is 1.91 bits per heavy atom. The number of rotatable bonds is 1. The Kier molecular flexibility index (Phi) is 2.97. The highest BCUT2D eigenvalue weighted by molar-refractivity contribution is 5.87. The molecule has 0 spiro atoms. The average molecular weight is 298 g/mol. The third kappa shape index (κ3) is 1.85. The molecule has 0 radical (unpaired) electrons. The minimum Gasteiger partial charge on any atom is -0.469 e. The van der Waals surface area contributed by atoms with Crippen molar-refractivity contribution in [1.82, 2.24) is 9.47 Å². The van der Waals surface area contributed by atoms with Crippen molar-refractivity contribution in [1.29, 1.82) is 0 Å². The zero-order valence-electron chi connectivity index (χ0n) is 12.5. The van der Waals surface area contributed by atoms with Gasteiger partial charge in [-0.25, -0.2) is 0 Å². The van der Waals surface area contributed by atoms with Gasteiger partial charge in [0.2, 0.25) is 5.60 Å². The Morgan fingerprint density at radius 1 is 1.14 bits per heavy atom. The van der Waals surface area contributed by atoms with Crippen LogP contribution in [-0.4, -0.2) is 41.7 Å². The molecule has 5 nitrogen and oxygen atoms in total. The molecule has 0 saturated carbocycles. The van der Waals surface area contributed by atoms with Crippen molar-refractivity contribution in [2.75, 3.05) is 26.3 Å². The lowest BCUT2D eigenvalue weighted by atomic mass is 9.97. The molecule has 1 saturated heterocycles. The molecule has 2 aliphatic heterocycles. The highest BCUT2D eigenvalue weighted by atomic mass is 16.5. The second-order valence-corrected chi connectivity index (χ2v) is 5.77. The van der Waals surface area contributed by atoms with Crippen molar-refractivity contribution in [2.24, 2.45) is 0 Å². The first-order valence-corrected chi connectivity index (χ1v) is 7.53. The molecular formula is C17H18N2O3. The number of carbonyl (C=O) groups is 1. The molecule has 0 bridgehead atoms. The molecule has 0 N–H and O–H groups in total. The van der Waals surface area contributed by atoms with E-state index in [9.17, 15) is 4.79 Å². The van der Waals surface area contributed by atoms with Crippen LogP contribution >= 0.6 is 0 Å². The van der Waals surface area contributed by atoms with Gasteiger partial charge in [-0.3, -0.25) is 4.79 Å². The number of ether oxygens (including phenoxy) is 2. The van der Waals surface area contributed by atoms with Crippen LogP contribution in [0.1, 0.15) is 12.6 Å². The van der Waals surface area contributed by atoms with E-state index < -0.39 is 5.60 Å². The van der Waals surface area contributed by atoms with Crippen LogP contribution in [0, 0.1) is 0 Å². The summed E-state index contributed by atoms with van der Waals surface area (Å²) in [5.74, 6) is 0.723. The van der Waals surface area contributed by atoms with E-state index in [4.69, 9.17) is 9.47 Å². The number of para-hydroxylation sites is 2. The van der Waals surface area contributed by atoms with Gasteiger partial charge in [-0.05, 0) is 31.2 Å². The normalized spacial score (nSPS) is 23.4. The highest BCUT2D eigenvalue weighted by Crippen LogP contribution is 2.40. The Morgan fingerprint density at radius 3 is 2.73 bits per heavy atom. The van der Waals surface area contributed by atoms with E-state index in [-0.39, 0.29) is 5.91 Å². The van der Waals surface area contributed by atoms with Gasteiger partial charge in [0, 0.05) is 19.3 Å². The van der Waals surface area contributed by atoms with Crippen molar-refractivity contribution >= 4 is 5.91 Å². The van der Waals surface area contributed by atoms with Gasteiger partial charge in [0.1, 0.15) is 5.75 Å². The van der Waals surface area contributed by atoms with Crippen molar-refractivity contribution in [3.8, 4) is 11.4 Å². The number of fused-ring (bicyclic) bond motifs is 3. The van der Waals surface area contributed by atoms with Gasteiger partial charge in [-0.1, -0.05) is 12.1 Å². The number of morpholine rings is 1. The van der Waals surface area contributed by atoms with E-state index in [1.807, 2.05) is 59.0 Å². The Bertz CT molecular complexity index is 718. The fraction of sp³-hybridized carbons (Fsp3) is 0.353. The van der Waals surface area contributed by atoms with Crippen molar-refractivity contribution in [2.45, 2.75) is 12.5 Å². The largest absolute Gasteiger partial charge is 0.469 e.